The summed E-state index contributed by atoms with van der Waals surface area (Å²) in [6, 6.07) is 21.6. The van der Waals surface area contributed by atoms with Crippen molar-refractivity contribution in [3.05, 3.63) is 71.8 Å². The summed E-state index contributed by atoms with van der Waals surface area (Å²) in [5.74, 6) is 1.67. The summed E-state index contributed by atoms with van der Waals surface area (Å²) in [4.78, 5) is 0. The second-order valence-corrected chi connectivity index (χ2v) is 5.91. The van der Waals surface area contributed by atoms with Gasteiger partial charge in [-0.25, -0.2) is 0 Å². The molecular weight excluding hydrogens is 262 g/mol. The van der Waals surface area contributed by atoms with Gasteiger partial charge in [-0.05, 0) is 36.1 Å². The van der Waals surface area contributed by atoms with Crippen LogP contribution in [0.4, 0.5) is 0 Å². The van der Waals surface area contributed by atoms with Gasteiger partial charge in [0.2, 0.25) is 0 Å². The first-order chi connectivity index (χ1) is 9.92. The van der Waals surface area contributed by atoms with Crippen LogP contribution < -0.4 is 5.32 Å². The molecule has 20 heavy (non-hydrogen) atoms. The molecule has 2 rings (SSSR count). The van der Waals surface area contributed by atoms with Crippen LogP contribution in [0.25, 0.3) is 0 Å². The van der Waals surface area contributed by atoms with Gasteiger partial charge in [-0.1, -0.05) is 60.7 Å². The first-order valence-electron chi connectivity index (χ1n) is 7.21. The van der Waals surface area contributed by atoms with E-state index in [2.05, 4.69) is 72.2 Å². The maximum absolute atomic E-state index is 3.60. The zero-order valence-electron chi connectivity index (χ0n) is 12.1. The number of hydrogen-bond donors (Lipinski definition) is 1. The van der Waals surface area contributed by atoms with E-state index in [1.165, 1.54) is 23.3 Å². The van der Waals surface area contributed by atoms with Gasteiger partial charge >= 0.3 is 0 Å². The van der Waals surface area contributed by atoms with Gasteiger partial charge in [0.1, 0.15) is 0 Å². The molecule has 0 saturated carbocycles. The van der Waals surface area contributed by atoms with Gasteiger partial charge in [0.05, 0.1) is 0 Å². The third kappa shape index (κ3) is 4.69. The van der Waals surface area contributed by atoms with Gasteiger partial charge in [0, 0.05) is 12.5 Å². The molecule has 0 aliphatic carbocycles. The van der Waals surface area contributed by atoms with Crippen molar-refractivity contribution < 1.29 is 0 Å². The Morgan fingerprint density at radius 3 is 1.95 bits per heavy atom. The minimum atomic E-state index is 0.437. The quantitative estimate of drug-likeness (QED) is 0.731. The number of hydrogen-bond acceptors (Lipinski definition) is 2. The van der Waals surface area contributed by atoms with Crippen LogP contribution in [0.15, 0.2) is 60.7 Å². The molecule has 106 valence electrons. The molecule has 0 amide bonds. The molecular formula is C18H23NS. The molecule has 0 aliphatic rings. The molecule has 0 aliphatic heterocycles. The van der Waals surface area contributed by atoms with Crippen LogP contribution in [0.5, 0.6) is 0 Å². The molecule has 0 unspecified atom stereocenters. The standard InChI is InChI=1S/C18H23NS/c1-20-14-8-13-19-15-18(16-9-4-2-5-10-16)17-11-6-3-7-12-17/h2-7,9-12,18-19H,8,13-15H2,1H3. The van der Waals surface area contributed by atoms with Crippen LogP contribution in [-0.2, 0) is 0 Å². The molecule has 0 bridgehead atoms. The van der Waals surface area contributed by atoms with Gasteiger partial charge in [0.25, 0.3) is 0 Å². The number of rotatable bonds is 8. The van der Waals surface area contributed by atoms with E-state index in [1.54, 1.807) is 0 Å². The van der Waals surface area contributed by atoms with Crippen molar-refractivity contribution in [2.75, 3.05) is 25.1 Å². The van der Waals surface area contributed by atoms with E-state index >= 15 is 0 Å². The molecule has 2 aromatic rings. The SMILES string of the molecule is CSCCCNCC(c1ccccc1)c1ccccc1. The fraction of sp³-hybridized carbons (Fsp3) is 0.333. The minimum absolute atomic E-state index is 0.437. The Bertz CT molecular complexity index is 430. The third-order valence-corrected chi connectivity index (χ3v) is 4.15. The van der Waals surface area contributed by atoms with E-state index in [4.69, 9.17) is 0 Å². The Balaban J connectivity index is 2.02. The highest BCUT2D eigenvalue weighted by molar-refractivity contribution is 7.98. The molecule has 0 saturated heterocycles. The minimum Gasteiger partial charge on any atom is -0.316 e. The van der Waals surface area contributed by atoms with E-state index in [0.29, 0.717) is 5.92 Å². The summed E-state index contributed by atoms with van der Waals surface area (Å²) in [6.45, 7) is 2.10. The average Bonchev–Trinajstić information content (AvgIpc) is 2.53. The predicted octanol–water partition coefficient (Wildman–Crippen LogP) is 4.16. The number of nitrogens with one attached hydrogen (secondary N) is 1. The number of benzene rings is 2. The summed E-state index contributed by atoms with van der Waals surface area (Å²) >= 11 is 1.91. The lowest BCUT2D eigenvalue weighted by Gasteiger charge is -2.19. The lowest BCUT2D eigenvalue weighted by Crippen LogP contribution is -2.23. The van der Waals surface area contributed by atoms with Crippen molar-refractivity contribution in [1.29, 1.82) is 0 Å². The molecule has 1 nitrogen and oxygen atoms in total. The van der Waals surface area contributed by atoms with E-state index in [-0.39, 0.29) is 0 Å². The van der Waals surface area contributed by atoms with Crippen LogP contribution >= 0.6 is 11.8 Å². The predicted molar refractivity (Wildman–Crippen MR) is 90.6 cm³/mol. The summed E-state index contributed by atoms with van der Waals surface area (Å²) in [5.41, 5.74) is 2.77. The lowest BCUT2D eigenvalue weighted by molar-refractivity contribution is 0.630. The zero-order valence-corrected chi connectivity index (χ0v) is 12.9. The van der Waals surface area contributed by atoms with E-state index < -0.39 is 0 Å². The molecule has 1 N–H and O–H groups in total. The van der Waals surface area contributed by atoms with Crippen molar-refractivity contribution >= 4 is 11.8 Å². The molecule has 0 heterocycles. The van der Waals surface area contributed by atoms with Gasteiger partial charge in [0.15, 0.2) is 0 Å². The lowest BCUT2D eigenvalue weighted by atomic mass is 9.91. The fourth-order valence-electron chi connectivity index (χ4n) is 2.39. The van der Waals surface area contributed by atoms with Crippen molar-refractivity contribution in [2.45, 2.75) is 12.3 Å². The second kappa shape index (κ2) is 8.83. The highest BCUT2D eigenvalue weighted by Crippen LogP contribution is 2.23. The van der Waals surface area contributed by atoms with Crippen LogP contribution in [0.3, 0.4) is 0 Å². The first-order valence-corrected chi connectivity index (χ1v) is 8.60. The summed E-state index contributed by atoms with van der Waals surface area (Å²) in [6.07, 6.45) is 3.40. The van der Waals surface area contributed by atoms with E-state index in [1.807, 2.05) is 11.8 Å². The van der Waals surface area contributed by atoms with Gasteiger partial charge < -0.3 is 5.32 Å². The van der Waals surface area contributed by atoms with E-state index in [9.17, 15) is 0 Å². The van der Waals surface area contributed by atoms with Crippen molar-refractivity contribution in [3.63, 3.8) is 0 Å². The summed E-state index contributed by atoms with van der Waals surface area (Å²) in [5, 5.41) is 3.60. The topological polar surface area (TPSA) is 12.0 Å². The van der Waals surface area contributed by atoms with Crippen LogP contribution in [0.1, 0.15) is 23.5 Å². The monoisotopic (exact) mass is 285 g/mol. The largest absolute Gasteiger partial charge is 0.316 e. The summed E-state index contributed by atoms with van der Waals surface area (Å²) in [7, 11) is 0. The highest BCUT2D eigenvalue weighted by Gasteiger charge is 2.12. The molecule has 0 aromatic heterocycles. The normalized spacial score (nSPS) is 10.9. The van der Waals surface area contributed by atoms with Crippen LogP contribution in [0, 0.1) is 0 Å². The average molecular weight is 285 g/mol. The number of thioether (sulfide) groups is 1. The Morgan fingerprint density at radius 1 is 0.900 bits per heavy atom. The van der Waals surface area contributed by atoms with Crippen LogP contribution in [0.2, 0.25) is 0 Å². The highest BCUT2D eigenvalue weighted by atomic mass is 32.2. The van der Waals surface area contributed by atoms with Crippen molar-refractivity contribution in [2.24, 2.45) is 0 Å². The molecule has 0 atom stereocenters. The Kier molecular flexibility index (Phi) is 6.69. The Labute approximate surface area is 126 Å². The van der Waals surface area contributed by atoms with Crippen molar-refractivity contribution in [3.8, 4) is 0 Å². The zero-order chi connectivity index (χ0) is 14.0. The van der Waals surface area contributed by atoms with Gasteiger partial charge in [-0.3, -0.25) is 0 Å². The summed E-state index contributed by atoms with van der Waals surface area (Å²) < 4.78 is 0. The Hall–Kier alpha value is -1.25. The van der Waals surface area contributed by atoms with Gasteiger partial charge in [-0.2, -0.15) is 11.8 Å². The molecule has 0 radical (unpaired) electrons. The first kappa shape index (κ1) is 15.1. The van der Waals surface area contributed by atoms with Crippen LogP contribution in [-0.4, -0.2) is 25.1 Å². The van der Waals surface area contributed by atoms with Gasteiger partial charge in [-0.15, -0.1) is 0 Å². The third-order valence-electron chi connectivity index (χ3n) is 3.45. The maximum Gasteiger partial charge on any atom is 0.0214 e. The maximum atomic E-state index is 3.60. The Morgan fingerprint density at radius 2 is 1.45 bits per heavy atom. The fourth-order valence-corrected chi connectivity index (χ4v) is 2.82. The smallest absolute Gasteiger partial charge is 0.0214 e. The molecule has 0 fully saturated rings. The molecule has 2 aromatic carbocycles. The van der Waals surface area contributed by atoms with E-state index in [0.717, 1.165) is 13.1 Å². The molecule has 2 heteroatoms. The second-order valence-electron chi connectivity index (χ2n) is 4.92. The van der Waals surface area contributed by atoms with Crippen molar-refractivity contribution in [1.82, 2.24) is 5.32 Å². The molecule has 0 spiro atoms.